The molecule has 4 nitrogen and oxygen atoms in total. The molecule has 1 saturated heterocycles. The van der Waals surface area contributed by atoms with Crippen LogP contribution in [0.25, 0.3) is 11.0 Å². The Labute approximate surface area is 99.8 Å². The summed E-state index contributed by atoms with van der Waals surface area (Å²) in [6.45, 7) is 0.606. The topological polar surface area (TPSA) is 47.3 Å². The lowest BCUT2D eigenvalue weighted by molar-refractivity contribution is -0.0495. The maximum Gasteiger partial charge on any atom is 0.138 e. The predicted octanol–water partition coefficient (Wildman–Crippen LogP) is 1.79. The molecular formula is C13H16N2O2. The SMILES string of the molecule is Cn1c(C2CC(O)CCO2)nc2ccccc21. The third-order valence-corrected chi connectivity index (χ3v) is 3.37. The van der Waals surface area contributed by atoms with Crippen LogP contribution in [0.1, 0.15) is 24.8 Å². The van der Waals surface area contributed by atoms with Gasteiger partial charge in [0.2, 0.25) is 0 Å². The average Bonchev–Trinajstić information content (AvgIpc) is 2.68. The van der Waals surface area contributed by atoms with E-state index in [1.807, 2.05) is 31.3 Å². The third kappa shape index (κ3) is 1.83. The molecule has 0 bridgehead atoms. The highest BCUT2D eigenvalue weighted by atomic mass is 16.5. The van der Waals surface area contributed by atoms with Crippen molar-refractivity contribution in [1.82, 2.24) is 9.55 Å². The molecule has 2 aromatic rings. The molecule has 17 heavy (non-hydrogen) atoms. The van der Waals surface area contributed by atoms with Gasteiger partial charge in [0.1, 0.15) is 11.9 Å². The Morgan fingerprint density at radius 2 is 2.24 bits per heavy atom. The molecule has 1 aromatic heterocycles. The highest BCUT2D eigenvalue weighted by Crippen LogP contribution is 2.29. The summed E-state index contributed by atoms with van der Waals surface area (Å²) in [7, 11) is 2.00. The van der Waals surface area contributed by atoms with Crippen molar-refractivity contribution in [3.05, 3.63) is 30.1 Å². The Morgan fingerprint density at radius 3 is 3.00 bits per heavy atom. The molecule has 2 heterocycles. The molecule has 1 fully saturated rings. The van der Waals surface area contributed by atoms with Crippen molar-refractivity contribution >= 4 is 11.0 Å². The van der Waals surface area contributed by atoms with Gasteiger partial charge >= 0.3 is 0 Å². The zero-order valence-corrected chi connectivity index (χ0v) is 9.84. The van der Waals surface area contributed by atoms with Crippen LogP contribution in [0.3, 0.4) is 0 Å². The first kappa shape index (κ1) is 10.7. The number of ether oxygens (including phenoxy) is 1. The van der Waals surface area contributed by atoms with Crippen LogP contribution in [0.5, 0.6) is 0 Å². The fraction of sp³-hybridized carbons (Fsp3) is 0.462. The van der Waals surface area contributed by atoms with E-state index in [-0.39, 0.29) is 12.2 Å². The van der Waals surface area contributed by atoms with E-state index in [0.29, 0.717) is 13.0 Å². The number of aliphatic hydroxyl groups excluding tert-OH is 1. The van der Waals surface area contributed by atoms with Gasteiger partial charge in [-0.25, -0.2) is 4.98 Å². The number of para-hydroxylation sites is 2. The lowest BCUT2D eigenvalue weighted by Crippen LogP contribution is -2.25. The fourth-order valence-corrected chi connectivity index (χ4v) is 2.41. The van der Waals surface area contributed by atoms with E-state index in [0.717, 1.165) is 23.3 Å². The maximum atomic E-state index is 9.69. The number of fused-ring (bicyclic) bond motifs is 1. The predicted molar refractivity (Wildman–Crippen MR) is 64.6 cm³/mol. The van der Waals surface area contributed by atoms with Crippen molar-refractivity contribution in [2.24, 2.45) is 7.05 Å². The minimum atomic E-state index is -0.270. The molecule has 0 spiro atoms. The Balaban J connectivity index is 2.02. The summed E-state index contributed by atoms with van der Waals surface area (Å²) in [5, 5.41) is 9.69. The Bertz CT molecular complexity index is 535. The van der Waals surface area contributed by atoms with Gasteiger partial charge in [0, 0.05) is 13.5 Å². The van der Waals surface area contributed by atoms with Crippen LogP contribution >= 0.6 is 0 Å². The van der Waals surface area contributed by atoms with Gasteiger partial charge in [-0.2, -0.15) is 0 Å². The first-order valence-corrected chi connectivity index (χ1v) is 5.96. The summed E-state index contributed by atoms with van der Waals surface area (Å²) in [5.74, 6) is 0.907. The Morgan fingerprint density at radius 1 is 1.41 bits per heavy atom. The average molecular weight is 232 g/mol. The van der Waals surface area contributed by atoms with Gasteiger partial charge in [-0.05, 0) is 18.6 Å². The number of rotatable bonds is 1. The molecule has 0 aliphatic carbocycles. The van der Waals surface area contributed by atoms with Crippen LogP contribution in [-0.2, 0) is 11.8 Å². The molecule has 2 atom stereocenters. The molecule has 1 N–H and O–H groups in total. The van der Waals surface area contributed by atoms with E-state index in [4.69, 9.17) is 4.74 Å². The summed E-state index contributed by atoms with van der Waals surface area (Å²) in [4.78, 5) is 4.60. The van der Waals surface area contributed by atoms with Crippen molar-refractivity contribution in [1.29, 1.82) is 0 Å². The van der Waals surface area contributed by atoms with Gasteiger partial charge < -0.3 is 14.4 Å². The third-order valence-electron chi connectivity index (χ3n) is 3.37. The van der Waals surface area contributed by atoms with Crippen LogP contribution < -0.4 is 0 Å². The van der Waals surface area contributed by atoms with Gasteiger partial charge in [0.15, 0.2) is 0 Å². The second-order valence-corrected chi connectivity index (χ2v) is 4.56. The van der Waals surface area contributed by atoms with E-state index in [1.54, 1.807) is 0 Å². The highest BCUT2D eigenvalue weighted by Gasteiger charge is 2.26. The van der Waals surface area contributed by atoms with Gasteiger partial charge in [0.05, 0.1) is 23.7 Å². The number of nitrogens with zero attached hydrogens (tertiary/aromatic N) is 2. The molecule has 1 aliphatic heterocycles. The van der Waals surface area contributed by atoms with E-state index in [2.05, 4.69) is 9.55 Å². The number of aliphatic hydroxyl groups is 1. The van der Waals surface area contributed by atoms with E-state index < -0.39 is 0 Å². The molecule has 0 amide bonds. The number of imidazole rings is 1. The van der Waals surface area contributed by atoms with Crippen molar-refractivity contribution in [2.75, 3.05) is 6.61 Å². The summed E-state index contributed by atoms with van der Waals surface area (Å²) in [6.07, 6.45) is 1.00. The molecule has 0 radical (unpaired) electrons. The van der Waals surface area contributed by atoms with Crippen molar-refractivity contribution in [3.63, 3.8) is 0 Å². The molecule has 4 heteroatoms. The first-order chi connectivity index (χ1) is 8.25. The molecular weight excluding hydrogens is 216 g/mol. The van der Waals surface area contributed by atoms with Crippen LogP contribution in [0.2, 0.25) is 0 Å². The van der Waals surface area contributed by atoms with Crippen LogP contribution in [0.4, 0.5) is 0 Å². The second-order valence-electron chi connectivity index (χ2n) is 4.56. The van der Waals surface area contributed by atoms with Gasteiger partial charge in [-0.3, -0.25) is 0 Å². The quantitative estimate of drug-likeness (QED) is 0.815. The zero-order chi connectivity index (χ0) is 11.8. The largest absolute Gasteiger partial charge is 0.393 e. The molecule has 2 unspecified atom stereocenters. The summed E-state index contributed by atoms with van der Waals surface area (Å²) in [5.41, 5.74) is 2.08. The van der Waals surface area contributed by atoms with Gasteiger partial charge in [-0.15, -0.1) is 0 Å². The number of hydrogen-bond donors (Lipinski definition) is 1. The first-order valence-electron chi connectivity index (χ1n) is 5.96. The van der Waals surface area contributed by atoms with E-state index in [9.17, 15) is 5.11 Å². The molecule has 0 saturated carbocycles. The Kier molecular flexibility index (Phi) is 2.61. The van der Waals surface area contributed by atoms with Gasteiger partial charge in [-0.1, -0.05) is 12.1 Å². The second kappa shape index (κ2) is 4.13. The van der Waals surface area contributed by atoms with Gasteiger partial charge in [0.25, 0.3) is 0 Å². The minimum Gasteiger partial charge on any atom is -0.393 e. The zero-order valence-electron chi connectivity index (χ0n) is 9.84. The van der Waals surface area contributed by atoms with Crippen molar-refractivity contribution in [2.45, 2.75) is 25.0 Å². The van der Waals surface area contributed by atoms with Crippen LogP contribution in [0.15, 0.2) is 24.3 Å². The number of aryl methyl sites for hydroxylation is 1. The summed E-state index contributed by atoms with van der Waals surface area (Å²) in [6, 6.07) is 8.03. The summed E-state index contributed by atoms with van der Waals surface area (Å²) >= 11 is 0. The monoisotopic (exact) mass is 232 g/mol. The van der Waals surface area contributed by atoms with E-state index in [1.165, 1.54) is 0 Å². The molecule has 1 aromatic carbocycles. The van der Waals surface area contributed by atoms with E-state index >= 15 is 0 Å². The lowest BCUT2D eigenvalue weighted by Gasteiger charge is -2.25. The number of aromatic nitrogens is 2. The maximum absolute atomic E-state index is 9.69. The normalized spacial score (nSPS) is 25.3. The number of hydrogen-bond acceptors (Lipinski definition) is 3. The Hall–Kier alpha value is -1.39. The van der Waals surface area contributed by atoms with Crippen molar-refractivity contribution < 1.29 is 9.84 Å². The standard InChI is InChI=1S/C13H16N2O2/c1-15-11-5-3-2-4-10(11)14-13(15)12-8-9(16)6-7-17-12/h2-5,9,12,16H,6-8H2,1H3. The molecule has 90 valence electrons. The molecule has 3 rings (SSSR count). The lowest BCUT2D eigenvalue weighted by atomic mass is 10.1. The smallest absolute Gasteiger partial charge is 0.138 e. The minimum absolute atomic E-state index is 0.0869. The van der Waals surface area contributed by atoms with Crippen LogP contribution in [0, 0.1) is 0 Å². The summed E-state index contributed by atoms with van der Waals surface area (Å²) < 4.78 is 7.76. The number of benzene rings is 1. The highest BCUT2D eigenvalue weighted by molar-refractivity contribution is 5.75. The molecule has 1 aliphatic rings. The van der Waals surface area contributed by atoms with Crippen molar-refractivity contribution in [3.8, 4) is 0 Å². The van der Waals surface area contributed by atoms with Crippen LogP contribution in [-0.4, -0.2) is 27.4 Å². The fourth-order valence-electron chi connectivity index (χ4n) is 2.41.